The molecule has 3 rings (SSSR count). The van der Waals surface area contributed by atoms with E-state index in [-0.39, 0.29) is 48.3 Å². The van der Waals surface area contributed by atoms with Crippen LogP contribution in [0.5, 0.6) is 0 Å². The van der Waals surface area contributed by atoms with Crippen LogP contribution < -0.4 is 5.32 Å². The molecular formula is C16H27IN4O2. The maximum atomic E-state index is 12.1. The summed E-state index contributed by atoms with van der Waals surface area (Å²) in [7, 11) is 1.90. The number of nitrogens with zero attached hydrogens (tertiary/aromatic N) is 3. The van der Waals surface area contributed by atoms with Crippen LogP contribution in [0.15, 0.2) is 12.4 Å². The van der Waals surface area contributed by atoms with Crippen LogP contribution in [0.3, 0.4) is 0 Å². The van der Waals surface area contributed by atoms with Crippen LogP contribution >= 0.6 is 24.0 Å². The van der Waals surface area contributed by atoms with Crippen molar-refractivity contribution in [2.75, 3.05) is 32.8 Å². The molecule has 1 aliphatic heterocycles. The van der Waals surface area contributed by atoms with Crippen molar-refractivity contribution in [2.24, 2.45) is 18.9 Å². The lowest BCUT2D eigenvalue weighted by Crippen LogP contribution is -2.39. The van der Waals surface area contributed by atoms with Crippen LogP contribution in [0.4, 0.5) is 0 Å². The van der Waals surface area contributed by atoms with Gasteiger partial charge >= 0.3 is 0 Å². The van der Waals surface area contributed by atoms with Crippen molar-refractivity contribution in [3.8, 4) is 0 Å². The molecule has 0 bridgehead atoms. The van der Waals surface area contributed by atoms with Gasteiger partial charge in [-0.05, 0) is 24.3 Å². The minimum atomic E-state index is 0. The third kappa shape index (κ3) is 4.67. The Kier molecular flexibility index (Phi) is 6.84. The summed E-state index contributed by atoms with van der Waals surface area (Å²) in [6.07, 6.45) is 7.68. The van der Waals surface area contributed by atoms with E-state index < -0.39 is 0 Å². The van der Waals surface area contributed by atoms with Crippen LogP contribution in [-0.4, -0.2) is 58.5 Å². The van der Waals surface area contributed by atoms with Gasteiger partial charge in [-0.15, -0.1) is 24.0 Å². The van der Waals surface area contributed by atoms with Gasteiger partial charge in [-0.25, -0.2) is 0 Å². The molecule has 0 aromatic carbocycles. The highest BCUT2D eigenvalue weighted by Gasteiger charge is 2.34. The van der Waals surface area contributed by atoms with Crippen LogP contribution in [0.2, 0.25) is 0 Å². The Balaban J connectivity index is 0.00000192. The number of hydrogen-bond donors (Lipinski definition) is 2. The summed E-state index contributed by atoms with van der Waals surface area (Å²) in [6, 6.07) is 0. The fourth-order valence-electron chi connectivity index (χ4n) is 3.50. The number of aryl methyl sites for hydroxylation is 1. The number of nitrogens with one attached hydrogen (secondary N) is 1. The summed E-state index contributed by atoms with van der Waals surface area (Å²) < 4.78 is 1.79. The Morgan fingerprint density at radius 3 is 2.78 bits per heavy atom. The van der Waals surface area contributed by atoms with E-state index in [4.69, 9.17) is 0 Å². The summed E-state index contributed by atoms with van der Waals surface area (Å²) in [6.45, 7) is 2.99. The number of rotatable bonds is 6. The fraction of sp³-hybridized carbons (Fsp3) is 0.750. The average molecular weight is 434 g/mol. The number of halogens is 1. The molecular weight excluding hydrogens is 407 g/mol. The van der Waals surface area contributed by atoms with Gasteiger partial charge in [0.1, 0.15) is 0 Å². The largest absolute Gasteiger partial charge is 0.396 e. The first kappa shape index (κ1) is 18.7. The van der Waals surface area contributed by atoms with Crippen LogP contribution in [0.1, 0.15) is 30.7 Å². The van der Waals surface area contributed by atoms with Crippen molar-refractivity contribution < 1.29 is 9.90 Å². The molecule has 2 N–H and O–H groups in total. The van der Waals surface area contributed by atoms with Gasteiger partial charge in [0.15, 0.2) is 0 Å². The SMILES string of the molecule is Cn1cc([C@@H]2CN(CC(=O)NCC3CCC3)C[C@H]2CO)cn1.I. The van der Waals surface area contributed by atoms with E-state index in [0.29, 0.717) is 12.5 Å². The summed E-state index contributed by atoms with van der Waals surface area (Å²) in [5, 5.41) is 16.9. The zero-order chi connectivity index (χ0) is 15.5. The fourth-order valence-corrected chi connectivity index (χ4v) is 3.50. The minimum Gasteiger partial charge on any atom is -0.396 e. The lowest BCUT2D eigenvalue weighted by molar-refractivity contribution is -0.122. The summed E-state index contributed by atoms with van der Waals surface area (Å²) in [5.74, 6) is 1.24. The molecule has 1 saturated carbocycles. The topological polar surface area (TPSA) is 70.4 Å². The molecule has 1 aliphatic carbocycles. The number of likely N-dealkylation sites (tertiary alicyclic amines) is 1. The Bertz CT molecular complexity index is 518. The smallest absolute Gasteiger partial charge is 0.234 e. The van der Waals surface area contributed by atoms with Gasteiger partial charge in [0.05, 0.1) is 12.7 Å². The lowest BCUT2D eigenvalue weighted by Gasteiger charge is -2.25. The van der Waals surface area contributed by atoms with Crippen LogP contribution in [-0.2, 0) is 11.8 Å². The first-order chi connectivity index (χ1) is 10.7. The third-order valence-corrected chi connectivity index (χ3v) is 5.08. The van der Waals surface area contributed by atoms with Crippen molar-refractivity contribution >= 4 is 29.9 Å². The van der Waals surface area contributed by atoms with E-state index in [1.807, 2.05) is 19.4 Å². The van der Waals surface area contributed by atoms with E-state index in [1.165, 1.54) is 19.3 Å². The van der Waals surface area contributed by atoms with E-state index in [9.17, 15) is 9.90 Å². The number of aromatic nitrogens is 2. The number of carbonyl (C=O) groups is 1. The summed E-state index contributed by atoms with van der Waals surface area (Å²) in [4.78, 5) is 14.2. The van der Waals surface area contributed by atoms with Crippen molar-refractivity contribution in [3.05, 3.63) is 18.0 Å². The highest BCUT2D eigenvalue weighted by molar-refractivity contribution is 14.0. The van der Waals surface area contributed by atoms with Crippen LogP contribution in [0.25, 0.3) is 0 Å². The zero-order valence-corrected chi connectivity index (χ0v) is 16.0. The van der Waals surface area contributed by atoms with Gasteiger partial charge < -0.3 is 10.4 Å². The molecule has 0 radical (unpaired) electrons. The molecule has 2 heterocycles. The second-order valence-corrected chi connectivity index (χ2v) is 6.79. The quantitative estimate of drug-likeness (QED) is 0.655. The monoisotopic (exact) mass is 434 g/mol. The van der Waals surface area contributed by atoms with Gasteiger partial charge in [-0.1, -0.05) is 6.42 Å². The molecule has 1 saturated heterocycles. The van der Waals surface area contributed by atoms with E-state index >= 15 is 0 Å². The van der Waals surface area contributed by atoms with Crippen molar-refractivity contribution in [2.45, 2.75) is 25.2 Å². The molecule has 0 spiro atoms. The number of hydrogen-bond acceptors (Lipinski definition) is 4. The average Bonchev–Trinajstić information content (AvgIpc) is 3.03. The number of amides is 1. The molecule has 23 heavy (non-hydrogen) atoms. The van der Waals surface area contributed by atoms with Gasteiger partial charge in [-0.2, -0.15) is 5.10 Å². The van der Waals surface area contributed by atoms with Crippen LogP contribution in [0, 0.1) is 11.8 Å². The Hall–Kier alpha value is -0.670. The molecule has 6 nitrogen and oxygen atoms in total. The molecule has 1 aromatic rings. The van der Waals surface area contributed by atoms with E-state index in [1.54, 1.807) is 4.68 Å². The normalized spacial score (nSPS) is 25.0. The van der Waals surface area contributed by atoms with Crippen molar-refractivity contribution in [1.29, 1.82) is 0 Å². The first-order valence-corrected chi connectivity index (χ1v) is 8.24. The maximum Gasteiger partial charge on any atom is 0.234 e. The summed E-state index contributed by atoms with van der Waals surface area (Å²) in [5.41, 5.74) is 1.15. The zero-order valence-electron chi connectivity index (χ0n) is 13.6. The van der Waals surface area contributed by atoms with Gasteiger partial charge in [0.25, 0.3) is 0 Å². The van der Waals surface area contributed by atoms with E-state index in [0.717, 1.165) is 25.2 Å². The van der Waals surface area contributed by atoms with Gasteiger partial charge in [0, 0.05) is 51.3 Å². The predicted octanol–water partition coefficient (Wildman–Crippen LogP) is 0.962. The van der Waals surface area contributed by atoms with E-state index in [2.05, 4.69) is 15.3 Å². The highest BCUT2D eigenvalue weighted by atomic mass is 127. The van der Waals surface area contributed by atoms with Gasteiger partial charge in [0.2, 0.25) is 5.91 Å². The third-order valence-electron chi connectivity index (χ3n) is 5.08. The molecule has 0 unspecified atom stereocenters. The second kappa shape index (κ2) is 8.43. The standard InChI is InChI=1S/C16H26N4O2.HI/c1-19-7-13(6-18-19)15-9-20(8-14(15)11-21)10-16(22)17-5-12-3-2-4-12;/h6-7,12,14-15,21H,2-5,8-11H2,1H3,(H,17,22);1H/t14-,15-;/m0./s1. The Morgan fingerprint density at radius 1 is 1.43 bits per heavy atom. The van der Waals surface area contributed by atoms with Gasteiger partial charge in [-0.3, -0.25) is 14.4 Å². The van der Waals surface area contributed by atoms with Crippen molar-refractivity contribution in [1.82, 2.24) is 20.0 Å². The first-order valence-electron chi connectivity index (χ1n) is 8.24. The molecule has 2 fully saturated rings. The second-order valence-electron chi connectivity index (χ2n) is 6.79. The number of carbonyl (C=O) groups excluding carboxylic acids is 1. The molecule has 1 aromatic heterocycles. The summed E-state index contributed by atoms with van der Waals surface area (Å²) >= 11 is 0. The molecule has 2 aliphatic rings. The van der Waals surface area contributed by atoms with Crippen molar-refractivity contribution in [3.63, 3.8) is 0 Å². The molecule has 7 heteroatoms. The minimum absolute atomic E-state index is 0. The molecule has 130 valence electrons. The predicted molar refractivity (Wildman–Crippen MR) is 98.7 cm³/mol. The molecule has 2 atom stereocenters. The Morgan fingerprint density at radius 2 is 2.22 bits per heavy atom. The maximum absolute atomic E-state index is 12.1. The Labute approximate surface area is 154 Å². The highest BCUT2D eigenvalue weighted by Crippen LogP contribution is 2.32. The number of aliphatic hydroxyl groups excluding tert-OH is 1. The number of aliphatic hydroxyl groups is 1. The lowest BCUT2D eigenvalue weighted by atomic mass is 9.85. The molecule has 1 amide bonds.